The first-order valence-electron chi connectivity index (χ1n) is 10.8. The summed E-state index contributed by atoms with van der Waals surface area (Å²) >= 11 is 5.84. The molecule has 0 atom stereocenters. The Hall–Kier alpha value is -3.36. The highest BCUT2D eigenvalue weighted by Gasteiger charge is 2.18. The Kier molecular flexibility index (Phi) is 5.78. The molecule has 3 heterocycles. The first kappa shape index (κ1) is 21.5. The van der Waals surface area contributed by atoms with E-state index in [1.54, 1.807) is 0 Å². The van der Waals surface area contributed by atoms with Gasteiger partial charge in [-0.1, -0.05) is 11.6 Å². The van der Waals surface area contributed by atoms with Crippen LogP contribution < -0.4 is 15.4 Å². The number of imidazole rings is 1. The number of fused-ring (bicyclic) bond motifs is 1. The molecule has 0 spiro atoms. The maximum absolute atomic E-state index is 5.84. The number of aromatic nitrogens is 4. The van der Waals surface area contributed by atoms with Crippen LogP contribution in [0.3, 0.4) is 0 Å². The molecule has 2 aromatic heterocycles. The quantitative estimate of drug-likeness (QED) is 0.404. The van der Waals surface area contributed by atoms with Gasteiger partial charge in [0, 0.05) is 19.3 Å². The monoisotopic (exact) mass is 464 g/mol. The summed E-state index contributed by atoms with van der Waals surface area (Å²) in [6.45, 7) is 6.29. The van der Waals surface area contributed by atoms with E-state index in [1.165, 1.54) is 18.0 Å². The van der Waals surface area contributed by atoms with Crippen molar-refractivity contribution in [1.82, 2.24) is 19.5 Å². The normalized spacial score (nSPS) is 13.7. The fraction of sp³-hybridized carbons (Fsp3) is 0.292. The Morgan fingerprint density at radius 1 is 1.12 bits per heavy atom. The maximum Gasteiger partial charge on any atom is 0.321 e. The molecule has 0 radical (unpaired) electrons. The van der Waals surface area contributed by atoms with Crippen molar-refractivity contribution in [1.29, 1.82) is 0 Å². The van der Waals surface area contributed by atoms with Gasteiger partial charge in [0.1, 0.15) is 5.75 Å². The summed E-state index contributed by atoms with van der Waals surface area (Å²) < 4.78 is 13.1. The number of nitrogens with zero attached hydrogens (tertiary/aromatic N) is 4. The largest absolute Gasteiger partial charge is 0.424 e. The SMILES string of the molecule is Cc1cc(Oc2ncc(Cl)cn2)cc(C)c1CNc1nc2ccc(NC3COC3)cc2n1C. The number of hydrogen-bond acceptors (Lipinski definition) is 7. The van der Waals surface area contributed by atoms with Crippen LogP contribution in [0, 0.1) is 13.8 Å². The topological polar surface area (TPSA) is 86.1 Å². The number of anilines is 2. The summed E-state index contributed by atoms with van der Waals surface area (Å²) in [6.07, 6.45) is 3.03. The predicted molar refractivity (Wildman–Crippen MR) is 129 cm³/mol. The van der Waals surface area contributed by atoms with E-state index < -0.39 is 0 Å². The lowest BCUT2D eigenvalue weighted by Gasteiger charge is -2.27. The molecule has 2 aromatic carbocycles. The molecule has 1 saturated heterocycles. The average Bonchev–Trinajstić information content (AvgIpc) is 3.07. The molecule has 170 valence electrons. The van der Waals surface area contributed by atoms with E-state index in [-0.39, 0.29) is 6.01 Å². The number of rotatable bonds is 7. The zero-order chi connectivity index (χ0) is 22.9. The van der Waals surface area contributed by atoms with Crippen LogP contribution in [0.5, 0.6) is 11.8 Å². The van der Waals surface area contributed by atoms with Crippen molar-refractivity contribution in [2.24, 2.45) is 7.05 Å². The van der Waals surface area contributed by atoms with Crippen LogP contribution in [0.4, 0.5) is 11.6 Å². The van der Waals surface area contributed by atoms with Gasteiger partial charge in [-0.3, -0.25) is 0 Å². The average molecular weight is 465 g/mol. The van der Waals surface area contributed by atoms with Gasteiger partial charge in [0.05, 0.1) is 47.7 Å². The number of hydrogen-bond donors (Lipinski definition) is 2. The third-order valence-electron chi connectivity index (χ3n) is 5.79. The zero-order valence-electron chi connectivity index (χ0n) is 18.7. The number of ether oxygens (including phenoxy) is 2. The highest BCUT2D eigenvalue weighted by Crippen LogP contribution is 2.27. The lowest BCUT2D eigenvalue weighted by Crippen LogP contribution is -2.40. The van der Waals surface area contributed by atoms with E-state index in [0.29, 0.717) is 23.4 Å². The molecule has 9 heteroatoms. The van der Waals surface area contributed by atoms with Gasteiger partial charge in [-0.15, -0.1) is 0 Å². The van der Waals surface area contributed by atoms with E-state index in [4.69, 9.17) is 26.1 Å². The minimum Gasteiger partial charge on any atom is -0.424 e. The van der Waals surface area contributed by atoms with Gasteiger partial charge < -0.3 is 24.7 Å². The third-order valence-corrected chi connectivity index (χ3v) is 5.98. The smallest absolute Gasteiger partial charge is 0.321 e. The summed E-state index contributed by atoms with van der Waals surface area (Å²) in [5.74, 6) is 1.51. The van der Waals surface area contributed by atoms with Crippen molar-refractivity contribution in [2.75, 3.05) is 23.8 Å². The van der Waals surface area contributed by atoms with Crippen LogP contribution >= 0.6 is 11.6 Å². The van der Waals surface area contributed by atoms with E-state index in [1.807, 2.05) is 25.2 Å². The summed E-state index contributed by atoms with van der Waals surface area (Å²) in [5.41, 5.74) is 6.52. The van der Waals surface area contributed by atoms with Gasteiger partial charge in [-0.25, -0.2) is 15.0 Å². The molecule has 1 fully saturated rings. The maximum atomic E-state index is 5.84. The van der Waals surface area contributed by atoms with Gasteiger partial charge in [-0.05, 0) is 60.9 Å². The van der Waals surface area contributed by atoms with Gasteiger partial charge in [-0.2, -0.15) is 0 Å². The van der Waals surface area contributed by atoms with Gasteiger partial charge in [0.15, 0.2) is 0 Å². The van der Waals surface area contributed by atoms with E-state index in [2.05, 4.69) is 51.1 Å². The number of aryl methyl sites for hydroxylation is 3. The first-order valence-corrected chi connectivity index (χ1v) is 11.1. The van der Waals surface area contributed by atoms with Crippen LogP contribution in [0.2, 0.25) is 5.02 Å². The van der Waals surface area contributed by atoms with Gasteiger partial charge >= 0.3 is 6.01 Å². The summed E-state index contributed by atoms with van der Waals surface area (Å²) in [5, 5.41) is 7.45. The second-order valence-electron chi connectivity index (χ2n) is 8.25. The fourth-order valence-corrected chi connectivity index (χ4v) is 4.01. The summed E-state index contributed by atoms with van der Waals surface area (Å²) in [4.78, 5) is 13.0. The number of halogens is 1. The molecule has 0 amide bonds. The van der Waals surface area contributed by atoms with Crippen LogP contribution in [-0.4, -0.2) is 38.8 Å². The lowest BCUT2D eigenvalue weighted by molar-refractivity contribution is 0.0211. The van der Waals surface area contributed by atoms with Crippen molar-refractivity contribution in [3.05, 3.63) is 64.4 Å². The number of nitrogens with one attached hydrogen (secondary N) is 2. The van der Waals surface area contributed by atoms with E-state index in [9.17, 15) is 0 Å². The highest BCUT2D eigenvalue weighted by molar-refractivity contribution is 6.30. The minimum atomic E-state index is 0.266. The molecule has 0 unspecified atom stereocenters. The molecular formula is C24H25ClN6O2. The van der Waals surface area contributed by atoms with Crippen LogP contribution in [0.25, 0.3) is 11.0 Å². The van der Waals surface area contributed by atoms with Crippen molar-refractivity contribution < 1.29 is 9.47 Å². The van der Waals surface area contributed by atoms with E-state index >= 15 is 0 Å². The van der Waals surface area contributed by atoms with Gasteiger partial charge in [0.2, 0.25) is 5.95 Å². The van der Waals surface area contributed by atoms with E-state index in [0.717, 1.165) is 47.0 Å². The Morgan fingerprint density at radius 3 is 2.52 bits per heavy atom. The molecule has 0 bridgehead atoms. The van der Waals surface area contributed by atoms with Crippen molar-refractivity contribution >= 4 is 34.3 Å². The Bertz CT molecular complexity index is 1280. The molecule has 33 heavy (non-hydrogen) atoms. The fourth-order valence-electron chi connectivity index (χ4n) is 3.91. The zero-order valence-corrected chi connectivity index (χ0v) is 19.5. The first-order chi connectivity index (χ1) is 16.0. The van der Waals surface area contributed by atoms with Crippen LogP contribution in [0.15, 0.2) is 42.7 Å². The predicted octanol–water partition coefficient (Wildman–Crippen LogP) is 4.85. The molecule has 0 aliphatic carbocycles. The molecule has 1 aliphatic rings. The number of benzene rings is 2. The molecule has 4 aromatic rings. The molecule has 8 nitrogen and oxygen atoms in total. The highest BCUT2D eigenvalue weighted by atomic mass is 35.5. The molecule has 0 saturated carbocycles. The van der Waals surface area contributed by atoms with Crippen molar-refractivity contribution in [3.8, 4) is 11.8 Å². The van der Waals surface area contributed by atoms with Crippen LogP contribution in [-0.2, 0) is 18.3 Å². The van der Waals surface area contributed by atoms with Crippen molar-refractivity contribution in [2.45, 2.75) is 26.4 Å². The van der Waals surface area contributed by atoms with Crippen molar-refractivity contribution in [3.63, 3.8) is 0 Å². The molecular weight excluding hydrogens is 440 g/mol. The van der Waals surface area contributed by atoms with Gasteiger partial charge in [0.25, 0.3) is 0 Å². The Morgan fingerprint density at radius 2 is 1.85 bits per heavy atom. The molecule has 1 aliphatic heterocycles. The Labute approximate surface area is 196 Å². The molecule has 2 N–H and O–H groups in total. The molecule has 5 rings (SSSR count). The Balaban J connectivity index is 1.31. The summed E-state index contributed by atoms with van der Waals surface area (Å²) in [7, 11) is 2.02. The third kappa shape index (κ3) is 4.58. The standard InChI is InChI=1S/C24H25ClN6O2/c1-14-6-19(33-24-27-9-16(25)10-28-24)7-15(2)20(14)11-26-23-30-21-5-4-17(8-22(21)31(23)3)29-18-12-32-13-18/h4-10,18,29H,11-13H2,1-3H3,(H,26,30). The minimum absolute atomic E-state index is 0.266. The second kappa shape index (κ2) is 8.88. The summed E-state index contributed by atoms with van der Waals surface area (Å²) in [6, 6.07) is 10.9. The second-order valence-corrected chi connectivity index (χ2v) is 8.69. The van der Waals surface area contributed by atoms with Crippen LogP contribution in [0.1, 0.15) is 16.7 Å². The lowest BCUT2D eigenvalue weighted by atomic mass is 10.0.